The van der Waals surface area contributed by atoms with Gasteiger partial charge in [-0.15, -0.1) is 0 Å². The van der Waals surface area contributed by atoms with Gasteiger partial charge in [-0.2, -0.15) is 9.83 Å². The Labute approximate surface area is 122 Å². The normalized spacial score (nSPS) is 10.2. The van der Waals surface area contributed by atoms with Gasteiger partial charge < -0.3 is 0 Å². The molecule has 0 saturated carbocycles. The summed E-state index contributed by atoms with van der Waals surface area (Å²) in [6.07, 6.45) is 3.47. The molecule has 0 bridgehead atoms. The zero-order chi connectivity index (χ0) is 14.7. The van der Waals surface area contributed by atoms with Crippen LogP contribution in [-0.4, -0.2) is 5.78 Å². The van der Waals surface area contributed by atoms with E-state index < -0.39 is 0 Å². The van der Waals surface area contributed by atoms with Gasteiger partial charge in [0, 0.05) is 11.6 Å². The lowest BCUT2D eigenvalue weighted by molar-refractivity contribution is -0.683. The molecule has 0 aliphatic heterocycles. The summed E-state index contributed by atoms with van der Waals surface area (Å²) in [7, 11) is 0. The van der Waals surface area contributed by atoms with Crippen LogP contribution in [0.5, 0.6) is 0 Å². The predicted octanol–water partition coefficient (Wildman–Crippen LogP) is 2.88. The van der Waals surface area contributed by atoms with Crippen molar-refractivity contribution in [1.82, 2.24) is 0 Å². The number of fused-ring (bicyclic) bond motifs is 1. The van der Waals surface area contributed by atoms with Gasteiger partial charge in [-0.3, -0.25) is 4.79 Å². The summed E-state index contributed by atoms with van der Waals surface area (Å²) >= 11 is 0. The Hall–Kier alpha value is -2.99. The highest BCUT2D eigenvalue weighted by atomic mass is 16.1. The Kier molecular flexibility index (Phi) is 3.44. The second-order valence-corrected chi connectivity index (χ2v) is 4.86. The first-order valence-corrected chi connectivity index (χ1v) is 6.67. The summed E-state index contributed by atoms with van der Waals surface area (Å²) in [6.45, 7) is 0.230. The minimum atomic E-state index is 0.0286. The second-order valence-electron chi connectivity index (χ2n) is 4.86. The van der Waals surface area contributed by atoms with Crippen LogP contribution >= 0.6 is 0 Å². The van der Waals surface area contributed by atoms with E-state index in [0.29, 0.717) is 11.1 Å². The summed E-state index contributed by atoms with van der Waals surface area (Å²) < 4.78 is 1.73. The van der Waals surface area contributed by atoms with Crippen LogP contribution in [0, 0.1) is 11.3 Å². The van der Waals surface area contributed by atoms with E-state index in [1.54, 1.807) is 29.1 Å². The first-order chi connectivity index (χ1) is 10.3. The average molecular weight is 273 g/mol. The van der Waals surface area contributed by atoms with Crippen LogP contribution in [0.15, 0.2) is 67.0 Å². The molecule has 3 rings (SSSR count). The molecule has 3 nitrogen and oxygen atoms in total. The molecule has 2 aromatic carbocycles. The fraction of sp³-hybridized carbons (Fsp3) is 0.0556. The molecule has 0 N–H and O–H groups in total. The van der Waals surface area contributed by atoms with Crippen LogP contribution < -0.4 is 4.57 Å². The van der Waals surface area contributed by atoms with E-state index in [9.17, 15) is 4.79 Å². The maximum atomic E-state index is 12.4. The molecule has 0 aliphatic rings. The van der Waals surface area contributed by atoms with Crippen LogP contribution in [0.25, 0.3) is 10.8 Å². The van der Waals surface area contributed by atoms with Crippen LogP contribution in [0.1, 0.15) is 15.9 Å². The van der Waals surface area contributed by atoms with Crippen molar-refractivity contribution in [2.24, 2.45) is 0 Å². The largest absolute Gasteiger partial charge is 0.287 e. The zero-order valence-corrected chi connectivity index (χ0v) is 11.4. The van der Waals surface area contributed by atoms with Crippen molar-refractivity contribution in [2.45, 2.75) is 6.54 Å². The van der Waals surface area contributed by atoms with Gasteiger partial charge in [-0.1, -0.05) is 36.4 Å². The van der Waals surface area contributed by atoms with Crippen molar-refractivity contribution in [2.75, 3.05) is 0 Å². The molecule has 1 aromatic heterocycles. The van der Waals surface area contributed by atoms with Crippen LogP contribution in [0.4, 0.5) is 0 Å². The lowest BCUT2D eigenvalue weighted by atomic mass is 10.0. The van der Waals surface area contributed by atoms with Gasteiger partial charge in [0.25, 0.3) is 0 Å². The van der Waals surface area contributed by atoms with Crippen molar-refractivity contribution < 1.29 is 9.36 Å². The van der Waals surface area contributed by atoms with Crippen molar-refractivity contribution in [1.29, 1.82) is 5.26 Å². The zero-order valence-electron chi connectivity index (χ0n) is 11.4. The van der Waals surface area contributed by atoms with E-state index in [1.165, 1.54) is 0 Å². The van der Waals surface area contributed by atoms with Crippen LogP contribution in [-0.2, 0) is 6.54 Å². The number of nitriles is 1. The number of hydrogen-bond acceptors (Lipinski definition) is 2. The van der Waals surface area contributed by atoms with Gasteiger partial charge in [0.15, 0.2) is 12.4 Å². The van der Waals surface area contributed by atoms with E-state index >= 15 is 0 Å². The third kappa shape index (κ3) is 2.80. The van der Waals surface area contributed by atoms with Gasteiger partial charge >= 0.3 is 0 Å². The number of pyridine rings is 1. The first kappa shape index (κ1) is 13.0. The Morgan fingerprint density at radius 2 is 1.86 bits per heavy atom. The van der Waals surface area contributed by atoms with Crippen LogP contribution in [0.3, 0.4) is 0 Å². The summed E-state index contributed by atoms with van der Waals surface area (Å²) in [5.74, 6) is 0.0286. The summed E-state index contributed by atoms with van der Waals surface area (Å²) in [4.78, 5) is 12.4. The van der Waals surface area contributed by atoms with Crippen molar-refractivity contribution in [3.63, 3.8) is 0 Å². The molecule has 1 heterocycles. The molecule has 0 radical (unpaired) electrons. The lowest BCUT2D eigenvalue weighted by Crippen LogP contribution is -2.37. The average Bonchev–Trinajstić information content (AvgIpc) is 2.54. The maximum absolute atomic E-state index is 12.4. The van der Waals surface area contributed by atoms with E-state index in [-0.39, 0.29) is 12.3 Å². The lowest BCUT2D eigenvalue weighted by Gasteiger charge is -2.01. The Morgan fingerprint density at radius 1 is 1.05 bits per heavy atom. The topological polar surface area (TPSA) is 44.7 Å². The number of rotatable bonds is 3. The predicted molar refractivity (Wildman–Crippen MR) is 79.6 cm³/mol. The number of hydrogen-bond donors (Lipinski definition) is 0. The molecule has 0 aliphatic carbocycles. The molecule has 0 unspecified atom stereocenters. The molecular weight excluding hydrogens is 260 g/mol. The molecule has 0 fully saturated rings. The Balaban J connectivity index is 1.88. The molecule has 0 spiro atoms. The number of carbonyl (C=O) groups excluding carboxylic acids is 1. The number of aromatic nitrogens is 1. The maximum Gasteiger partial charge on any atom is 0.227 e. The minimum Gasteiger partial charge on any atom is -0.287 e. The number of carbonyl (C=O) groups is 1. The van der Waals surface area contributed by atoms with E-state index in [1.807, 2.05) is 42.5 Å². The van der Waals surface area contributed by atoms with Crippen LogP contribution in [0.2, 0.25) is 0 Å². The number of benzene rings is 2. The van der Waals surface area contributed by atoms with Crippen molar-refractivity contribution in [3.05, 3.63) is 78.1 Å². The highest BCUT2D eigenvalue weighted by Gasteiger charge is 2.13. The monoisotopic (exact) mass is 273 g/mol. The summed E-state index contributed by atoms with van der Waals surface area (Å²) in [5.41, 5.74) is 1.23. The van der Waals surface area contributed by atoms with Crippen molar-refractivity contribution >= 4 is 16.6 Å². The van der Waals surface area contributed by atoms with Crippen molar-refractivity contribution in [3.8, 4) is 6.07 Å². The molecule has 100 valence electrons. The van der Waals surface area contributed by atoms with Gasteiger partial charge in [0.1, 0.15) is 11.6 Å². The highest BCUT2D eigenvalue weighted by Crippen LogP contribution is 2.16. The summed E-state index contributed by atoms with van der Waals surface area (Å²) in [6, 6.07) is 19.2. The standard InChI is InChI=1S/C18H13N2O/c19-11-14-4-3-9-20(12-14)13-18(21)17-8-7-15-5-1-2-6-16(15)10-17/h1-10,12H,13H2/q+1. The fourth-order valence-corrected chi connectivity index (χ4v) is 2.31. The number of Topliss-reactive ketones (excluding diaryl/α,β-unsaturated/α-hetero) is 1. The molecular formula is C18H13N2O+. The molecule has 3 aromatic rings. The van der Waals surface area contributed by atoms with E-state index in [4.69, 9.17) is 5.26 Å². The smallest absolute Gasteiger partial charge is 0.227 e. The molecule has 21 heavy (non-hydrogen) atoms. The minimum absolute atomic E-state index is 0.0286. The van der Waals surface area contributed by atoms with Gasteiger partial charge in [-0.05, 0) is 22.9 Å². The Morgan fingerprint density at radius 3 is 2.67 bits per heavy atom. The quantitative estimate of drug-likeness (QED) is 0.544. The van der Waals surface area contributed by atoms with Gasteiger partial charge in [0.05, 0.1) is 0 Å². The van der Waals surface area contributed by atoms with E-state index in [0.717, 1.165) is 10.8 Å². The molecule has 0 amide bonds. The number of nitrogens with zero attached hydrogens (tertiary/aromatic N) is 2. The molecule has 0 atom stereocenters. The highest BCUT2D eigenvalue weighted by molar-refractivity contribution is 5.99. The summed E-state index contributed by atoms with van der Waals surface area (Å²) in [5, 5.41) is 11.1. The number of ketones is 1. The fourth-order valence-electron chi connectivity index (χ4n) is 2.31. The molecule has 3 heteroatoms. The SMILES string of the molecule is N#Cc1ccc[n+](CC(=O)c2ccc3ccccc3c2)c1. The first-order valence-electron chi connectivity index (χ1n) is 6.67. The second kappa shape index (κ2) is 5.56. The third-order valence-electron chi connectivity index (χ3n) is 3.38. The molecule has 0 saturated heterocycles. The Bertz CT molecular complexity index is 862. The third-order valence-corrected chi connectivity index (χ3v) is 3.38. The van der Waals surface area contributed by atoms with Gasteiger partial charge in [-0.25, -0.2) is 0 Å². The van der Waals surface area contributed by atoms with E-state index in [2.05, 4.69) is 6.07 Å². The van der Waals surface area contributed by atoms with Gasteiger partial charge in [0.2, 0.25) is 12.3 Å².